The summed E-state index contributed by atoms with van der Waals surface area (Å²) < 4.78 is 0. The maximum atomic E-state index is 10.3. The Morgan fingerprint density at radius 1 is 0.274 bits per heavy atom. The molecule has 0 N–H and O–H groups in total. The minimum atomic E-state index is -0.893. The van der Waals surface area contributed by atoms with Crippen LogP contribution in [-0.2, 0) is 28.8 Å². The van der Waals surface area contributed by atoms with Crippen molar-refractivity contribution in [3.63, 3.8) is 0 Å². The van der Waals surface area contributed by atoms with Crippen molar-refractivity contribution >= 4 is 83.6 Å². The largest absolute Gasteiger partial charge is 4.00 e. The van der Waals surface area contributed by atoms with Crippen molar-refractivity contribution in [3.05, 3.63) is 0 Å². The molecule has 0 saturated carbocycles. The van der Waals surface area contributed by atoms with Crippen LogP contribution in [0.1, 0.15) is 237 Å². The van der Waals surface area contributed by atoms with Crippen molar-refractivity contribution in [1.82, 2.24) is 0 Å². The first-order chi connectivity index (χ1) is 28.3. The fourth-order valence-corrected chi connectivity index (χ4v) is 5.63. The van der Waals surface area contributed by atoms with Crippen LogP contribution in [-0.4, -0.2) is 83.6 Å². The molecule has 362 valence electrons. The average molecular weight is 1100 g/mol. The number of hydrogen-bond acceptors (Lipinski definition) is 12. The van der Waals surface area contributed by atoms with Gasteiger partial charge in [0.2, 0.25) is 0 Å². The Kier molecular flexibility index (Phi) is 74.4. The van der Waals surface area contributed by atoms with Crippen molar-refractivity contribution in [3.8, 4) is 0 Å². The molecule has 0 heterocycles. The summed E-state index contributed by atoms with van der Waals surface area (Å²) in [4.78, 5) is 62.0. The summed E-state index contributed by atoms with van der Waals surface area (Å²) in [6, 6.07) is 0. The number of aliphatic carboxylic acids is 6. The molecule has 0 bridgehead atoms. The van der Waals surface area contributed by atoms with Crippen molar-refractivity contribution in [2.24, 2.45) is 35.5 Å². The van der Waals surface area contributed by atoms with Gasteiger partial charge in [-0.1, -0.05) is 160 Å². The summed E-state index contributed by atoms with van der Waals surface area (Å²) >= 11 is 0. The molecular weight excluding hydrogens is 1010 g/mol. The molecule has 0 fully saturated rings. The van der Waals surface area contributed by atoms with Crippen LogP contribution in [0.5, 0.6) is 0 Å². The molecule has 0 spiro atoms. The predicted octanol–water partition coefficient (Wildman–Crippen LogP) is 4.95. The zero-order valence-electron chi connectivity index (χ0n) is 41.3. The molecule has 0 aromatic carbocycles. The van der Waals surface area contributed by atoms with Crippen molar-refractivity contribution in [2.75, 3.05) is 0 Å². The average Bonchev–Trinajstić information content (AvgIpc) is 3.20. The zero-order valence-corrected chi connectivity index (χ0v) is 47.0. The van der Waals surface area contributed by atoms with Crippen LogP contribution in [0.25, 0.3) is 0 Å². The molecule has 62 heavy (non-hydrogen) atoms. The van der Waals surface area contributed by atoms with Crippen LogP contribution in [0.2, 0.25) is 0 Å². The smallest absolute Gasteiger partial charge is 0.550 e. The Labute approximate surface area is 413 Å². The quantitative estimate of drug-likeness (QED) is 0.0868. The first kappa shape index (κ1) is 77.6. The van der Waals surface area contributed by atoms with Gasteiger partial charge in [0.05, 0.1) is 0 Å². The van der Waals surface area contributed by atoms with Gasteiger partial charge in [-0.25, -0.2) is 0 Å². The van der Waals surface area contributed by atoms with E-state index < -0.39 is 35.8 Å². The van der Waals surface area contributed by atoms with E-state index in [1.54, 1.807) is 0 Å². The summed E-state index contributed by atoms with van der Waals surface area (Å²) in [6.45, 7) is 23.7. The number of carbonyl (C=O) groups is 6. The Bertz CT molecular complexity index is 811. The molecule has 12 nitrogen and oxygen atoms in total. The van der Waals surface area contributed by atoms with E-state index in [1.807, 2.05) is 41.5 Å². The molecular formula is C48H90O12Sn2. The van der Waals surface area contributed by atoms with Gasteiger partial charge in [0.25, 0.3) is 0 Å². The first-order valence-electron chi connectivity index (χ1n) is 23.6. The Balaban J connectivity index is -0.0000000935. The van der Waals surface area contributed by atoms with Gasteiger partial charge in [-0.05, 0) is 113 Å². The van der Waals surface area contributed by atoms with Gasteiger partial charge < -0.3 is 59.4 Å². The summed E-state index contributed by atoms with van der Waals surface area (Å²) in [5, 5.41) is 62.0. The number of carbonyl (C=O) groups excluding carboxylic acids is 6. The van der Waals surface area contributed by atoms with Crippen LogP contribution in [0.3, 0.4) is 0 Å². The van der Waals surface area contributed by atoms with E-state index in [1.165, 1.54) is 0 Å². The molecule has 0 aromatic heterocycles. The zero-order chi connectivity index (χ0) is 47.9. The molecule has 0 aliphatic heterocycles. The minimum absolute atomic E-state index is 0. The molecule has 0 aromatic rings. The molecule has 6 atom stereocenters. The number of unbranched alkanes of at least 4 members (excludes halogenated alkanes) is 6. The number of rotatable bonds is 30. The van der Waals surface area contributed by atoms with Crippen LogP contribution >= 0.6 is 0 Å². The van der Waals surface area contributed by atoms with Crippen molar-refractivity contribution < 1.29 is 59.4 Å². The summed E-state index contributed by atoms with van der Waals surface area (Å²) in [6.07, 6.45) is 21.1. The second kappa shape index (κ2) is 59.4. The van der Waals surface area contributed by atoms with Gasteiger partial charge in [-0.3, -0.25) is 0 Å². The predicted molar refractivity (Wildman–Crippen MR) is 241 cm³/mol. The van der Waals surface area contributed by atoms with Crippen LogP contribution in [0.15, 0.2) is 0 Å². The van der Waals surface area contributed by atoms with E-state index in [9.17, 15) is 59.4 Å². The normalized spacial score (nSPS) is 12.6. The molecule has 0 aliphatic carbocycles. The number of carboxylic acid groups (broad SMARTS) is 6. The van der Waals surface area contributed by atoms with Crippen molar-refractivity contribution in [2.45, 2.75) is 237 Å². The summed E-state index contributed by atoms with van der Waals surface area (Å²) in [7, 11) is 0. The van der Waals surface area contributed by atoms with Crippen LogP contribution in [0, 0.1) is 35.5 Å². The van der Waals surface area contributed by atoms with Gasteiger partial charge in [-0.15, -0.1) is 0 Å². The van der Waals surface area contributed by atoms with E-state index in [0.717, 1.165) is 116 Å². The minimum Gasteiger partial charge on any atom is -0.550 e. The molecule has 0 aliphatic rings. The van der Waals surface area contributed by atoms with Crippen LogP contribution < -0.4 is 30.6 Å². The Morgan fingerprint density at radius 2 is 0.371 bits per heavy atom. The van der Waals surface area contributed by atoms with E-state index in [4.69, 9.17) is 0 Å². The molecule has 0 amide bonds. The fourth-order valence-electron chi connectivity index (χ4n) is 5.63. The van der Waals surface area contributed by atoms with E-state index in [-0.39, 0.29) is 83.3 Å². The van der Waals surface area contributed by atoms with E-state index in [2.05, 4.69) is 41.5 Å². The molecule has 2 radical (unpaired) electrons. The van der Waals surface area contributed by atoms with Crippen LogP contribution in [0.4, 0.5) is 0 Å². The van der Waals surface area contributed by atoms with Crippen molar-refractivity contribution in [1.29, 1.82) is 0 Å². The monoisotopic (exact) mass is 1100 g/mol. The van der Waals surface area contributed by atoms with Gasteiger partial charge >= 0.3 is 47.8 Å². The summed E-state index contributed by atoms with van der Waals surface area (Å²) in [5.41, 5.74) is 0. The third-order valence-electron chi connectivity index (χ3n) is 10.4. The van der Waals surface area contributed by atoms with E-state index in [0.29, 0.717) is 38.5 Å². The maximum absolute atomic E-state index is 10.3. The molecule has 0 rings (SSSR count). The van der Waals surface area contributed by atoms with Gasteiger partial charge in [0.15, 0.2) is 0 Å². The second-order valence-corrected chi connectivity index (χ2v) is 15.4. The molecule has 0 saturated heterocycles. The number of carboxylic acids is 6. The summed E-state index contributed by atoms with van der Waals surface area (Å²) in [5.74, 6) is -6.69. The first-order valence-corrected chi connectivity index (χ1v) is 23.6. The molecule has 14 heteroatoms. The number of hydrogen-bond donors (Lipinski definition) is 0. The molecule has 6 unspecified atom stereocenters. The third kappa shape index (κ3) is 56.4. The van der Waals surface area contributed by atoms with E-state index >= 15 is 0 Å². The third-order valence-corrected chi connectivity index (χ3v) is 10.4. The Hall–Kier alpha value is -1.58. The van der Waals surface area contributed by atoms with Gasteiger partial charge in [0, 0.05) is 35.8 Å². The Morgan fingerprint density at radius 3 is 0.419 bits per heavy atom. The maximum Gasteiger partial charge on any atom is 4.00 e. The fraction of sp³-hybridized carbons (Fsp3) is 0.875. The SMILES string of the molecule is CCCCC(CC)C(=O)[O-].CCCCC(CC)C(=O)[O-].CCCCC(CC)C(=O)[O-].CCCCC(CC)C(=O)[O-].CCCCC(CC)C(=O)[O-].CCCCC(CC)C(=O)[O-].[Sn+2].[Sn+4]. The standard InChI is InChI=1S/6C8H16O2.2Sn/c6*1-3-5-6-7(4-2)8(9)10;;/h6*7H,3-6H2,1-2H3,(H,9,10);;/q;;;;;;+2;+4/p-6. The topological polar surface area (TPSA) is 241 Å². The van der Waals surface area contributed by atoms with Gasteiger partial charge in [0.1, 0.15) is 0 Å². The van der Waals surface area contributed by atoms with Gasteiger partial charge in [-0.2, -0.15) is 0 Å². The second-order valence-electron chi connectivity index (χ2n) is 15.4.